The summed E-state index contributed by atoms with van der Waals surface area (Å²) in [5.41, 5.74) is 0. The Kier molecular flexibility index (Phi) is 4.23. The predicted molar refractivity (Wildman–Crippen MR) is 79.3 cm³/mol. The number of ether oxygens (including phenoxy) is 1. The molecule has 1 aromatic heterocycles. The first kappa shape index (κ1) is 15.1. The lowest BCUT2D eigenvalue weighted by molar-refractivity contribution is 0.456. The zero-order valence-electron chi connectivity index (χ0n) is 10.7. The van der Waals surface area contributed by atoms with E-state index in [0.717, 1.165) is 0 Å². The Hall–Kier alpha value is -1.29. The molecule has 5 nitrogen and oxygen atoms in total. The second-order valence-corrected chi connectivity index (χ2v) is 8.33. The summed E-state index contributed by atoms with van der Waals surface area (Å²) in [7, 11) is -2.65. The molecule has 0 amide bonds. The first-order valence-corrected chi connectivity index (χ1v) is 8.87. The third-order valence-corrected chi connectivity index (χ3v) is 4.36. The Morgan fingerprint density at radius 3 is 2.65 bits per heavy atom. The van der Waals surface area contributed by atoms with Crippen LogP contribution in [0, 0.1) is 0 Å². The van der Waals surface area contributed by atoms with Gasteiger partial charge >= 0.3 is 0 Å². The zero-order valence-corrected chi connectivity index (χ0v) is 13.1. The van der Waals surface area contributed by atoms with Gasteiger partial charge in [0.15, 0.2) is 0 Å². The number of nitrogens with zero attached hydrogens (tertiary/aromatic N) is 2. The molecule has 2 aromatic rings. The van der Waals surface area contributed by atoms with Crippen molar-refractivity contribution in [3.05, 3.63) is 34.7 Å². The van der Waals surface area contributed by atoms with E-state index in [-0.39, 0.29) is 21.9 Å². The molecule has 0 spiro atoms. The van der Waals surface area contributed by atoms with Gasteiger partial charge in [-0.1, -0.05) is 11.6 Å². The molecule has 8 heteroatoms. The molecule has 1 aromatic carbocycles. The number of hydrogen-bond donors (Lipinski definition) is 1. The van der Waals surface area contributed by atoms with E-state index < -0.39 is 7.14 Å². The van der Waals surface area contributed by atoms with Crippen LogP contribution < -0.4 is 10.0 Å². The standard InChI is InChI=1S/C12H11Cl2N2O3P/c1-20(2,18)10-5-7(17)3-4-9(10)19-11-8(13)6-15-12(14)16-11/h3-6,17H,1-2H3. The highest BCUT2D eigenvalue weighted by molar-refractivity contribution is 7.70. The molecular weight excluding hydrogens is 322 g/mol. The van der Waals surface area contributed by atoms with E-state index in [1.807, 2.05) is 0 Å². The summed E-state index contributed by atoms with van der Waals surface area (Å²) in [4.78, 5) is 7.58. The van der Waals surface area contributed by atoms with E-state index in [1.54, 1.807) is 13.3 Å². The molecular formula is C12H11Cl2N2O3P. The third-order valence-electron chi connectivity index (χ3n) is 2.41. The molecule has 0 atom stereocenters. The third kappa shape index (κ3) is 3.42. The number of phenolic OH excluding ortho intramolecular Hbond substituents is 1. The second-order valence-electron chi connectivity index (χ2n) is 4.40. The van der Waals surface area contributed by atoms with E-state index in [1.165, 1.54) is 24.4 Å². The van der Waals surface area contributed by atoms with Crippen molar-refractivity contribution in [3.63, 3.8) is 0 Å². The lowest BCUT2D eigenvalue weighted by atomic mass is 10.3. The van der Waals surface area contributed by atoms with Crippen LogP contribution in [0.3, 0.4) is 0 Å². The SMILES string of the molecule is CP(C)(=O)c1cc(O)ccc1Oc1nc(Cl)ncc1Cl. The second kappa shape index (κ2) is 5.60. The van der Waals surface area contributed by atoms with Gasteiger partial charge in [-0.3, -0.25) is 0 Å². The van der Waals surface area contributed by atoms with Gasteiger partial charge in [0.25, 0.3) is 0 Å². The van der Waals surface area contributed by atoms with Crippen molar-refractivity contribution in [2.24, 2.45) is 0 Å². The van der Waals surface area contributed by atoms with Gasteiger partial charge in [-0.05, 0) is 43.1 Å². The number of aromatic hydroxyl groups is 1. The molecule has 0 unspecified atom stereocenters. The molecule has 1 heterocycles. The summed E-state index contributed by atoms with van der Waals surface area (Å²) < 4.78 is 17.8. The molecule has 0 fully saturated rings. The minimum absolute atomic E-state index is 0.00286. The first-order chi connectivity index (χ1) is 9.27. The monoisotopic (exact) mass is 332 g/mol. The largest absolute Gasteiger partial charge is 0.508 e. The number of phenols is 1. The fourth-order valence-corrected chi connectivity index (χ4v) is 2.87. The molecule has 0 saturated heterocycles. The van der Waals surface area contributed by atoms with Gasteiger partial charge in [-0.25, -0.2) is 4.98 Å². The van der Waals surface area contributed by atoms with Crippen LogP contribution in [0.15, 0.2) is 24.4 Å². The maximum absolute atomic E-state index is 12.2. The van der Waals surface area contributed by atoms with Gasteiger partial charge in [-0.2, -0.15) is 4.98 Å². The Morgan fingerprint density at radius 2 is 2.00 bits per heavy atom. The summed E-state index contributed by atoms with van der Waals surface area (Å²) in [6, 6.07) is 4.31. The fraction of sp³-hybridized carbons (Fsp3) is 0.167. The lowest BCUT2D eigenvalue weighted by Crippen LogP contribution is -2.07. The van der Waals surface area contributed by atoms with E-state index in [2.05, 4.69) is 9.97 Å². The van der Waals surface area contributed by atoms with E-state index in [9.17, 15) is 9.67 Å². The van der Waals surface area contributed by atoms with Crippen molar-refractivity contribution >= 4 is 35.6 Å². The van der Waals surface area contributed by atoms with Gasteiger partial charge in [0.2, 0.25) is 11.2 Å². The highest BCUT2D eigenvalue weighted by Crippen LogP contribution is 2.41. The normalized spacial score (nSPS) is 11.4. The summed E-state index contributed by atoms with van der Waals surface area (Å²) in [6.07, 6.45) is 1.31. The predicted octanol–water partition coefficient (Wildman–Crippen LogP) is 3.53. The first-order valence-electron chi connectivity index (χ1n) is 5.52. The van der Waals surface area contributed by atoms with Crippen molar-refractivity contribution in [1.29, 1.82) is 0 Å². The highest BCUT2D eigenvalue weighted by Gasteiger charge is 2.20. The number of rotatable bonds is 3. The average Bonchev–Trinajstić information content (AvgIpc) is 2.34. The summed E-state index contributed by atoms with van der Waals surface area (Å²) >= 11 is 11.6. The van der Waals surface area contributed by atoms with Crippen molar-refractivity contribution in [3.8, 4) is 17.4 Å². The number of aromatic nitrogens is 2. The van der Waals surface area contributed by atoms with Gasteiger partial charge in [-0.15, -0.1) is 0 Å². The van der Waals surface area contributed by atoms with Crippen LogP contribution >= 0.6 is 30.3 Å². The van der Waals surface area contributed by atoms with Gasteiger partial charge in [0.1, 0.15) is 23.7 Å². The molecule has 0 bridgehead atoms. The number of halogens is 2. The molecule has 1 N–H and O–H groups in total. The maximum atomic E-state index is 12.2. The lowest BCUT2D eigenvalue weighted by Gasteiger charge is -2.14. The fourth-order valence-electron chi connectivity index (χ4n) is 1.52. The number of hydrogen-bond acceptors (Lipinski definition) is 5. The van der Waals surface area contributed by atoms with Crippen molar-refractivity contribution in [1.82, 2.24) is 9.97 Å². The van der Waals surface area contributed by atoms with E-state index in [4.69, 9.17) is 27.9 Å². The Balaban J connectivity index is 2.49. The molecule has 0 radical (unpaired) electrons. The summed E-state index contributed by atoms with van der Waals surface area (Å²) in [5, 5.41) is 10.1. The molecule has 0 saturated carbocycles. The Morgan fingerprint density at radius 1 is 1.30 bits per heavy atom. The Labute approximate surface area is 125 Å². The van der Waals surface area contributed by atoms with E-state index in [0.29, 0.717) is 11.1 Å². The molecule has 20 heavy (non-hydrogen) atoms. The summed E-state index contributed by atoms with van der Waals surface area (Å²) in [5.74, 6) is 0.364. The average molecular weight is 333 g/mol. The van der Waals surface area contributed by atoms with Crippen molar-refractivity contribution in [2.45, 2.75) is 0 Å². The van der Waals surface area contributed by atoms with Crippen LogP contribution in [0.1, 0.15) is 0 Å². The minimum Gasteiger partial charge on any atom is -0.508 e. The van der Waals surface area contributed by atoms with Crippen LogP contribution in [0.2, 0.25) is 10.3 Å². The summed E-state index contributed by atoms with van der Waals surface area (Å²) in [6.45, 7) is 3.15. The van der Waals surface area contributed by atoms with Crippen LogP contribution in [-0.4, -0.2) is 28.4 Å². The highest BCUT2D eigenvalue weighted by atomic mass is 35.5. The van der Waals surface area contributed by atoms with Crippen LogP contribution in [0.4, 0.5) is 0 Å². The van der Waals surface area contributed by atoms with E-state index >= 15 is 0 Å². The van der Waals surface area contributed by atoms with Crippen LogP contribution in [0.25, 0.3) is 0 Å². The smallest absolute Gasteiger partial charge is 0.242 e. The van der Waals surface area contributed by atoms with Gasteiger partial charge < -0.3 is 14.4 Å². The van der Waals surface area contributed by atoms with Crippen LogP contribution in [-0.2, 0) is 4.57 Å². The molecule has 0 aliphatic rings. The van der Waals surface area contributed by atoms with Crippen molar-refractivity contribution < 1.29 is 14.4 Å². The quantitative estimate of drug-likeness (QED) is 0.687. The van der Waals surface area contributed by atoms with Crippen LogP contribution in [0.5, 0.6) is 17.4 Å². The minimum atomic E-state index is -2.65. The number of benzene rings is 1. The van der Waals surface area contributed by atoms with Gasteiger partial charge in [0.05, 0.1) is 11.5 Å². The van der Waals surface area contributed by atoms with Gasteiger partial charge in [0, 0.05) is 0 Å². The Bertz CT molecular complexity index is 703. The maximum Gasteiger partial charge on any atom is 0.242 e. The zero-order chi connectivity index (χ0) is 14.9. The van der Waals surface area contributed by atoms with Crippen molar-refractivity contribution in [2.75, 3.05) is 13.3 Å². The molecule has 0 aliphatic heterocycles. The molecule has 0 aliphatic carbocycles. The molecule has 106 valence electrons. The topological polar surface area (TPSA) is 72.3 Å². The molecule has 2 rings (SSSR count).